The van der Waals surface area contributed by atoms with Gasteiger partial charge in [0.2, 0.25) is 5.91 Å². The summed E-state index contributed by atoms with van der Waals surface area (Å²) in [5, 5.41) is 14.4. The molecule has 130 valence electrons. The van der Waals surface area contributed by atoms with Crippen LogP contribution in [0.5, 0.6) is 5.75 Å². The van der Waals surface area contributed by atoms with E-state index in [1.54, 1.807) is 30.3 Å². The lowest BCUT2D eigenvalue weighted by molar-refractivity contribution is -0.125. The lowest BCUT2D eigenvalue weighted by Crippen LogP contribution is -2.35. The summed E-state index contributed by atoms with van der Waals surface area (Å²) in [4.78, 5) is 34.3. The van der Waals surface area contributed by atoms with E-state index in [-0.39, 0.29) is 18.7 Å². The van der Waals surface area contributed by atoms with Crippen molar-refractivity contribution in [1.29, 1.82) is 0 Å². The molecule has 25 heavy (non-hydrogen) atoms. The lowest BCUT2D eigenvalue weighted by Gasteiger charge is -2.09. The fourth-order valence-electron chi connectivity index (χ4n) is 1.84. The quantitative estimate of drug-likeness (QED) is 0.700. The summed E-state index contributed by atoms with van der Waals surface area (Å²) >= 11 is 5.74. The maximum Gasteiger partial charge on any atom is 0.335 e. The number of rotatable bonds is 7. The van der Waals surface area contributed by atoms with Gasteiger partial charge in [-0.25, -0.2) is 4.79 Å². The van der Waals surface area contributed by atoms with E-state index >= 15 is 0 Å². The summed E-state index contributed by atoms with van der Waals surface area (Å²) in [6.45, 7) is -0.510. The zero-order chi connectivity index (χ0) is 18.2. The zero-order valence-corrected chi connectivity index (χ0v) is 13.7. The number of carboxylic acids is 1. The molecule has 0 fully saturated rings. The molecule has 2 amide bonds. The van der Waals surface area contributed by atoms with Crippen LogP contribution in [0.4, 0.5) is 5.69 Å². The molecular formula is C17H15ClN2O5. The molecule has 0 unspecified atom stereocenters. The van der Waals surface area contributed by atoms with Crippen LogP contribution in [0.3, 0.4) is 0 Å². The summed E-state index contributed by atoms with van der Waals surface area (Å²) in [7, 11) is 0. The molecule has 2 aromatic carbocycles. The number of aromatic carboxylic acids is 1. The molecule has 0 saturated carbocycles. The highest BCUT2D eigenvalue weighted by atomic mass is 35.5. The molecule has 0 heterocycles. The van der Waals surface area contributed by atoms with Gasteiger partial charge in [-0.15, -0.1) is 0 Å². The van der Waals surface area contributed by atoms with Gasteiger partial charge >= 0.3 is 5.97 Å². The molecule has 0 saturated heterocycles. The number of amides is 2. The summed E-state index contributed by atoms with van der Waals surface area (Å²) < 4.78 is 5.25. The van der Waals surface area contributed by atoms with Crippen molar-refractivity contribution in [1.82, 2.24) is 5.32 Å². The Kier molecular flexibility index (Phi) is 6.36. The summed E-state index contributed by atoms with van der Waals surface area (Å²) in [6, 6.07) is 12.3. The van der Waals surface area contributed by atoms with Crippen molar-refractivity contribution in [2.45, 2.75) is 0 Å². The van der Waals surface area contributed by atoms with E-state index in [2.05, 4.69) is 10.6 Å². The molecule has 0 radical (unpaired) electrons. The largest absolute Gasteiger partial charge is 0.484 e. The summed E-state index contributed by atoms with van der Waals surface area (Å²) in [6.07, 6.45) is 0. The van der Waals surface area contributed by atoms with Crippen molar-refractivity contribution in [3.63, 3.8) is 0 Å². The Morgan fingerprint density at radius 3 is 2.44 bits per heavy atom. The molecule has 3 N–H and O–H groups in total. The molecule has 2 aromatic rings. The molecule has 0 bridgehead atoms. The van der Waals surface area contributed by atoms with Gasteiger partial charge in [-0.1, -0.05) is 17.7 Å². The van der Waals surface area contributed by atoms with E-state index in [4.69, 9.17) is 21.4 Å². The van der Waals surface area contributed by atoms with E-state index in [1.165, 1.54) is 18.2 Å². The van der Waals surface area contributed by atoms with Crippen LogP contribution in [0.15, 0.2) is 48.5 Å². The van der Waals surface area contributed by atoms with Crippen LogP contribution in [0, 0.1) is 0 Å². The SMILES string of the molecule is O=C(COc1ccc(Cl)cc1)NCC(=O)Nc1cccc(C(=O)O)c1. The minimum Gasteiger partial charge on any atom is -0.484 e. The molecule has 0 spiro atoms. The van der Waals surface area contributed by atoms with Gasteiger partial charge in [0.1, 0.15) is 5.75 Å². The van der Waals surface area contributed by atoms with E-state index in [9.17, 15) is 14.4 Å². The van der Waals surface area contributed by atoms with E-state index < -0.39 is 17.8 Å². The summed E-state index contributed by atoms with van der Waals surface area (Å²) in [5.41, 5.74) is 0.384. The number of carbonyl (C=O) groups is 3. The highest BCUT2D eigenvalue weighted by Gasteiger charge is 2.08. The molecule has 2 rings (SSSR count). The van der Waals surface area contributed by atoms with Gasteiger partial charge in [-0.05, 0) is 42.5 Å². The number of nitrogens with one attached hydrogen (secondary N) is 2. The number of hydrogen-bond acceptors (Lipinski definition) is 4. The highest BCUT2D eigenvalue weighted by Crippen LogP contribution is 2.15. The number of ether oxygens (including phenoxy) is 1. The number of anilines is 1. The minimum absolute atomic E-state index is 0.0539. The topological polar surface area (TPSA) is 105 Å². The average Bonchev–Trinajstić information content (AvgIpc) is 2.59. The van der Waals surface area contributed by atoms with Crippen molar-refractivity contribution >= 4 is 35.1 Å². The van der Waals surface area contributed by atoms with Gasteiger partial charge in [0, 0.05) is 10.7 Å². The molecule has 7 nitrogen and oxygen atoms in total. The predicted molar refractivity (Wildman–Crippen MR) is 92.0 cm³/mol. The number of benzene rings is 2. The molecule has 0 atom stereocenters. The number of hydrogen-bond donors (Lipinski definition) is 3. The fourth-order valence-corrected chi connectivity index (χ4v) is 1.97. The first-order chi connectivity index (χ1) is 11.9. The Morgan fingerprint density at radius 1 is 1.04 bits per heavy atom. The van der Waals surface area contributed by atoms with E-state index in [0.717, 1.165) is 0 Å². The van der Waals surface area contributed by atoms with E-state index in [1.807, 2.05) is 0 Å². The van der Waals surface area contributed by atoms with Gasteiger partial charge in [0.25, 0.3) is 5.91 Å². The van der Waals surface area contributed by atoms with Crippen molar-refractivity contribution in [2.75, 3.05) is 18.5 Å². The third-order valence-electron chi connectivity index (χ3n) is 3.02. The molecule has 0 aromatic heterocycles. The number of carboxylic acid groups (broad SMARTS) is 1. The first kappa shape index (κ1) is 18.3. The second-order valence-electron chi connectivity index (χ2n) is 4.95. The third-order valence-corrected chi connectivity index (χ3v) is 3.27. The van der Waals surface area contributed by atoms with Gasteiger partial charge < -0.3 is 20.5 Å². The normalized spacial score (nSPS) is 9.96. The molecule has 0 aliphatic rings. The van der Waals surface area contributed by atoms with Crippen LogP contribution in [0.25, 0.3) is 0 Å². The van der Waals surface area contributed by atoms with Crippen LogP contribution < -0.4 is 15.4 Å². The van der Waals surface area contributed by atoms with Crippen molar-refractivity contribution in [3.8, 4) is 5.75 Å². The predicted octanol–water partition coefficient (Wildman–Crippen LogP) is 2.17. The van der Waals surface area contributed by atoms with Gasteiger partial charge in [-0.2, -0.15) is 0 Å². The Labute approximate surface area is 148 Å². The average molecular weight is 363 g/mol. The number of halogens is 1. The molecule has 0 aliphatic carbocycles. The lowest BCUT2D eigenvalue weighted by atomic mass is 10.2. The van der Waals surface area contributed by atoms with Gasteiger partial charge in [0.05, 0.1) is 12.1 Å². The van der Waals surface area contributed by atoms with Crippen LogP contribution >= 0.6 is 11.6 Å². The Hall–Kier alpha value is -3.06. The second kappa shape index (κ2) is 8.70. The smallest absolute Gasteiger partial charge is 0.335 e. The number of carbonyl (C=O) groups excluding carboxylic acids is 2. The van der Waals surface area contributed by atoms with Crippen molar-refractivity contribution in [3.05, 3.63) is 59.1 Å². The Bertz CT molecular complexity index is 777. The summed E-state index contributed by atoms with van der Waals surface area (Å²) in [5.74, 6) is -1.56. The molecule has 0 aliphatic heterocycles. The maximum absolute atomic E-state index is 11.8. The second-order valence-corrected chi connectivity index (χ2v) is 5.39. The zero-order valence-electron chi connectivity index (χ0n) is 13.0. The Morgan fingerprint density at radius 2 is 1.76 bits per heavy atom. The van der Waals surface area contributed by atoms with Crippen LogP contribution in [0.1, 0.15) is 10.4 Å². The van der Waals surface area contributed by atoms with Crippen LogP contribution in [0.2, 0.25) is 5.02 Å². The van der Waals surface area contributed by atoms with Crippen molar-refractivity contribution < 1.29 is 24.2 Å². The first-order valence-electron chi connectivity index (χ1n) is 7.22. The Balaban J connectivity index is 1.75. The molecule has 8 heteroatoms. The van der Waals surface area contributed by atoms with E-state index in [0.29, 0.717) is 16.5 Å². The standard InChI is InChI=1S/C17H15ClN2O5/c18-12-4-6-14(7-5-12)25-10-16(22)19-9-15(21)20-13-3-1-2-11(8-13)17(23)24/h1-8H,9-10H2,(H,19,22)(H,20,21)(H,23,24). The molecular weight excluding hydrogens is 348 g/mol. The first-order valence-corrected chi connectivity index (χ1v) is 7.60. The van der Waals surface area contributed by atoms with Gasteiger partial charge in [-0.3, -0.25) is 9.59 Å². The minimum atomic E-state index is -1.09. The van der Waals surface area contributed by atoms with Crippen molar-refractivity contribution in [2.24, 2.45) is 0 Å². The van der Waals surface area contributed by atoms with Gasteiger partial charge in [0.15, 0.2) is 6.61 Å². The highest BCUT2D eigenvalue weighted by molar-refractivity contribution is 6.30. The third kappa shape index (κ3) is 6.15. The fraction of sp³-hybridized carbons (Fsp3) is 0.118. The van der Waals surface area contributed by atoms with Crippen LogP contribution in [-0.2, 0) is 9.59 Å². The monoisotopic (exact) mass is 362 g/mol. The maximum atomic E-state index is 11.8. The van der Waals surface area contributed by atoms with Crippen LogP contribution in [-0.4, -0.2) is 36.0 Å².